The van der Waals surface area contributed by atoms with E-state index in [9.17, 15) is 13.2 Å². The van der Waals surface area contributed by atoms with E-state index in [2.05, 4.69) is 69.4 Å². The molecule has 14 heteroatoms. The summed E-state index contributed by atoms with van der Waals surface area (Å²) in [4.78, 5) is 17.0. The van der Waals surface area contributed by atoms with Gasteiger partial charge in [-0.2, -0.15) is 15.3 Å². The molecule has 6 unspecified atom stereocenters. The average Bonchev–Trinajstić information content (AvgIpc) is 4.17. The number of benzene rings is 3. The van der Waals surface area contributed by atoms with Crippen molar-refractivity contribution in [3.63, 3.8) is 0 Å². The Bertz CT molecular complexity index is 3130. The second-order valence-corrected chi connectivity index (χ2v) is 19.1. The SMILES string of the molecule is CN1CCN(c2n[nH]c(C3CC3c3ccc(F)cc3)c2-c2ccncc2)CC1.Fc1ccc(C2CC2c2[nH]ncc2-c2ccncc2)cc1.Fc1ccc(C2CCC2c2[nH]ncc2-c2ccncc2)cc1. The zero-order valence-corrected chi connectivity index (χ0v) is 39.3. The van der Waals surface area contributed by atoms with E-state index in [0.717, 1.165) is 91.2 Å². The predicted molar refractivity (Wildman–Crippen MR) is 269 cm³/mol. The van der Waals surface area contributed by atoms with Crippen molar-refractivity contribution in [2.24, 2.45) is 0 Å². The summed E-state index contributed by atoms with van der Waals surface area (Å²) in [5.74, 6) is 3.03. The molecule has 7 heterocycles. The van der Waals surface area contributed by atoms with Gasteiger partial charge in [-0.05, 0) is 157 Å². The molecule has 11 nitrogen and oxygen atoms in total. The molecule has 9 aromatic rings. The lowest BCUT2D eigenvalue weighted by atomic mass is 9.67. The third kappa shape index (κ3) is 10.0. The highest BCUT2D eigenvalue weighted by Crippen LogP contribution is 2.58. The highest BCUT2D eigenvalue weighted by Gasteiger charge is 2.44. The number of aromatic amines is 3. The highest BCUT2D eigenvalue weighted by molar-refractivity contribution is 5.79. The minimum atomic E-state index is -0.185. The van der Waals surface area contributed by atoms with Crippen molar-refractivity contribution in [3.05, 3.63) is 210 Å². The summed E-state index contributed by atoms with van der Waals surface area (Å²) in [7, 11) is 2.16. The number of nitrogens with one attached hydrogen (secondary N) is 3. The molecule has 6 atom stereocenters. The van der Waals surface area contributed by atoms with E-state index < -0.39 is 0 Å². The second kappa shape index (κ2) is 20.3. The van der Waals surface area contributed by atoms with Crippen molar-refractivity contribution >= 4 is 5.82 Å². The van der Waals surface area contributed by atoms with Crippen LogP contribution in [0.4, 0.5) is 19.0 Å². The molecule has 4 aliphatic rings. The Balaban J connectivity index is 0.000000117. The van der Waals surface area contributed by atoms with E-state index in [1.54, 1.807) is 49.1 Å². The van der Waals surface area contributed by atoms with E-state index in [0.29, 0.717) is 35.5 Å². The molecule has 0 radical (unpaired) electrons. The van der Waals surface area contributed by atoms with Crippen LogP contribution >= 0.6 is 0 Å². The third-order valence-corrected chi connectivity index (χ3v) is 14.7. The first kappa shape index (κ1) is 45.7. The molecular weight excluding hydrogens is 896 g/mol. The topological polar surface area (TPSA) is 131 Å². The first-order valence-electron chi connectivity index (χ1n) is 24.4. The van der Waals surface area contributed by atoms with Gasteiger partial charge >= 0.3 is 0 Å². The van der Waals surface area contributed by atoms with Crippen molar-refractivity contribution in [1.29, 1.82) is 0 Å². The number of hydrogen-bond donors (Lipinski definition) is 3. The summed E-state index contributed by atoms with van der Waals surface area (Å²) < 4.78 is 39.4. The maximum absolute atomic E-state index is 13.3. The summed E-state index contributed by atoms with van der Waals surface area (Å²) in [6.07, 6.45) is 19.0. The molecule has 6 aromatic heterocycles. The summed E-state index contributed by atoms with van der Waals surface area (Å²) in [5.41, 5.74) is 14.0. The van der Waals surface area contributed by atoms with E-state index in [-0.39, 0.29) is 17.5 Å². The number of anilines is 1. The van der Waals surface area contributed by atoms with Crippen LogP contribution in [0, 0.1) is 17.5 Å². The zero-order valence-electron chi connectivity index (χ0n) is 39.3. The Morgan fingerprint density at radius 2 is 0.845 bits per heavy atom. The van der Waals surface area contributed by atoms with Crippen molar-refractivity contribution in [1.82, 2.24) is 50.4 Å². The van der Waals surface area contributed by atoms with Crippen LogP contribution in [0.1, 0.15) is 95.0 Å². The van der Waals surface area contributed by atoms with Gasteiger partial charge in [0.15, 0.2) is 5.82 Å². The number of H-pyrrole nitrogens is 3. The molecule has 0 bridgehead atoms. The fourth-order valence-corrected chi connectivity index (χ4v) is 10.5. The lowest BCUT2D eigenvalue weighted by molar-refractivity contribution is 0.312. The monoisotopic (exact) mass is 949 g/mol. The van der Waals surface area contributed by atoms with Gasteiger partial charge in [0.1, 0.15) is 17.5 Å². The van der Waals surface area contributed by atoms with Gasteiger partial charge in [-0.15, -0.1) is 0 Å². The van der Waals surface area contributed by atoms with Crippen LogP contribution in [-0.2, 0) is 0 Å². The van der Waals surface area contributed by atoms with Crippen molar-refractivity contribution in [3.8, 4) is 33.4 Å². The third-order valence-electron chi connectivity index (χ3n) is 14.7. The summed E-state index contributed by atoms with van der Waals surface area (Å²) in [6, 6.07) is 32.7. The highest BCUT2D eigenvalue weighted by atomic mass is 19.1. The standard InChI is InChI=1S/C22H24FN5.C18H16FN3.C17H14FN3/c1-27-10-12-28(13-11-27)22-20(16-6-8-24-9-7-16)21(25-26-22)19-14-18(19)15-2-4-17(23)5-3-15;19-14-3-1-12(2-4-14)15-5-6-16(15)18-17(11-21-22-18)13-7-9-20-10-8-13;18-13-3-1-11(2-4-13)14-9-15(14)17-16(10-20-21-17)12-5-7-19-8-6-12/h2-9,18-19H,10-14H2,1H3,(H,25,26);1-4,7-11,15-16H,5-6H2,(H,21,22);1-8,10,14-15H,9H2,(H,20,21). The van der Waals surface area contributed by atoms with Gasteiger partial charge in [-0.3, -0.25) is 30.2 Å². The number of rotatable bonds is 10. The second-order valence-electron chi connectivity index (χ2n) is 19.1. The maximum atomic E-state index is 13.3. The summed E-state index contributed by atoms with van der Waals surface area (Å²) in [6.45, 7) is 4.04. The Kier molecular flexibility index (Phi) is 13.1. The fourth-order valence-electron chi connectivity index (χ4n) is 10.5. The number of aromatic nitrogens is 9. The molecule has 1 aliphatic heterocycles. The number of hydrogen-bond acceptors (Lipinski definition) is 8. The zero-order chi connectivity index (χ0) is 48.3. The van der Waals surface area contributed by atoms with Gasteiger partial charge in [0.2, 0.25) is 0 Å². The molecule has 0 amide bonds. The molecule has 1 saturated heterocycles. The van der Waals surface area contributed by atoms with E-state index in [4.69, 9.17) is 5.10 Å². The molecule has 4 fully saturated rings. The van der Waals surface area contributed by atoms with Crippen LogP contribution in [-0.4, -0.2) is 83.7 Å². The number of nitrogens with zero attached hydrogens (tertiary/aromatic N) is 8. The molecule has 358 valence electrons. The molecule has 3 N–H and O–H groups in total. The molecular formula is C57H54F3N11. The number of pyridine rings is 3. The Morgan fingerprint density at radius 1 is 0.437 bits per heavy atom. The minimum absolute atomic E-state index is 0.182. The van der Waals surface area contributed by atoms with E-state index >= 15 is 0 Å². The van der Waals surface area contributed by atoms with Crippen LogP contribution in [0.15, 0.2) is 159 Å². The minimum Gasteiger partial charge on any atom is -0.352 e. The van der Waals surface area contributed by atoms with Crippen LogP contribution in [0.2, 0.25) is 0 Å². The molecule has 71 heavy (non-hydrogen) atoms. The maximum Gasteiger partial charge on any atom is 0.158 e. The Hall–Kier alpha value is -7.71. The van der Waals surface area contributed by atoms with Gasteiger partial charge in [0.05, 0.1) is 12.4 Å². The molecule has 13 rings (SSSR count). The Morgan fingerprint density at radius 3 is 1.30 bits per heavy atom. The van der Waals surface area contributed by atoms with Crippen LogP contribution < -0.4 is 4.90 Å². The molecule has 0 spiro atoms. The molecule has 3 aliphatic carbocycles. The lowest BCUT2D eigenvalue weighted by Gasteiger charge is -2.37. The fraction of sp³-hybridized carbons (Fsp3) is 0.263. The van der Waals surface area contributed by atoms with Gasteiger partial charge in [0.25, 0.3) is 0 Å². The first-order chi connectivity index (χ1) is 34.9. The average molecular weight is 950 g/mol. The summed E-state index contributed by atoms with van der Waals surface area (Å²) in [5, 5.41) is 22.8. The number of likely N-dealkylation sites (N-methyl/N-ethyl adjacent to an activating group) is 1. The Labute approximate surface area is 410 Å². The van der Waals surface area contributed by atoms with Gasteiger partial charge < -0.3 is 9.80 Å². The number of halogens is 3. The molecule has 3 saturated carbocycles. The van der Waals surface area contributed by atoms with E-state index in [1.807, 2.05) is 85.5 Å². The van der Waals surface area contributed by atoms with Crippen LogP contribution in [0.5, 0.6) is 0 Å². The van der Waals surface area contributed by atoms with Gasteiger partial charge in [-0.25, -0.2) is 13.2 Å². The number of piperazine rings is 1. The normalized spacial score (nSPS) is 21.3. The smallest absolute Gasteiger partial charge is 0.158 e. The predicted octanol–water partition coefficient (Wildman–Crippen LogP) is 11.8. The summed E-state index contributed by atoms with van der Waals surface area (Å²) >= 11 is 0. The van der Waals surface area contributed by atoms with Crippen molar-refractivity contribution in [2.45, 2.75) is 61.2 Å². The lowest BCUT2D eigenvalue weighted by Crippen LogP contribution is -2.44. The first-order valence-corrected chi connectivity index (χ1v) is 24.4. The molecule has 3 aromatic carbocycles. The van der Waals surface area contributed by atoms with Gasteiger partial charge in [-0.1, -0.05) is 36.4 Å². The van der Waals surface area contributed by atoms with Crippen molar-refractivity contribution < 1.29 is 13.2 Å². The van der Waals surface area contributed by atoms with Crippen LogP contribution in [0.25, 0.3) is 33.4 Å². The van der Waals surface area contributed by atoms with Crippen LogP contribution in [0.3, 0.4) is 0 Å². The van der Waals surface area contributed by atoms with E-state index in [1.165, 1.54) is 45.8 Å². The largest absolute Gasteiger partial charge is 0.352 e. The van der Waals surface area contributed by atoms with Crippen molar-refractivity contribution in [2.75, 3.05) is 38.1 Å². The quantitative estimate of drug-likeness (QED) is 0.124. The van der Waals surface area contributed by atoms with Gasteiger partial charge in [0, 0.05) is 115 Å².